The largest absolute Gasteiger partial charge is 0.482 e. The summed E-state index contributed by atoms with van der Waals surface area (Å²) in [7, 11) is -3.44. The topological polar surface area (TPSA) is 111 Å². The van der Waals surface area contributed by atoms with Gasteiger partial charge in [-0.2, -0.15) is 0 Å². The summed E-state index contributed by atoms with van der Waals surface area (Å²) >= 11 is 5.98. The Morgan fingerprint density at radius 3 is 2.65 bits per heavy atom. The lowest BCUT2D eigenvalue weighted by Crippen LogP contribution is -2.19. The van der Waals surface area contributed by atoms with Crippen LogP contribution in [0.1, 0.15) is 54.6 Å². The lowest BCUT2D eigenvalue weighted by Gasteiger charge is -2.17. The molecule has 1 saturated carbocycles. The molecule has 1 aliphatic rings. The van der Waals surface area contributed by atoms with Gasteiger partial charge in [-0.05, 0) is 55.7 Å². The van der Waals surface area contributed by atoms with E-state index in [-0.39, 0.29) is 27.6 Å². The fourth-order valence-electron chi connectivity index (χ4n) is 4.06. The molecule has 1 atom stereocenters. The van der Waals surface area contributed by atoms with E-state index in [4.69, 9.17) is 22.1 Å². The maximum atomic E-state index is 12.9. The van der Waals surface area contributed by atoms with Crippen LogP contribution in [0.15, 0.2) is 65.7 Å². The maximum absolute atomic E-state index is 12.9. The smallest absolute Gasteiger partial charge is 0.255 e. The summed E-state index contributed by atoms with van der Waals surface area (Å²) in [4.78, 5) is 17.1. The van der Waals surface area contributed by atoms with E-state index in [0.717, 1.165) is 18.4 Å². The summed E-state index contributed by atoms with van der Waals surface area (Å²) in [5, 5.41) is 2.88. The Kier molecular flexibility index (Phi) is 7.09. The Hall–Kier alpha value is -3.10. The van der Waals surface area contributed by atoms with Crippen LogP contribution < -0.4 is 15.8 Å². The number of benzene rings is 2. The van der Waals surface area contributed by atoms with E-state index in [9.17, 15) is 13.2 Å². The number of nitrogen functional groups attached to an aromatic ring is 1. The SMILES string of the molecule is CC(Oc1cc(Cl)cnc1N)c1cccc(NC(=O)c2cccc(S(=O)(=O)C3CCCC3)c2)c1. The molecule has 1 aromatic heterocycles. The van der Waals surface area contributed by atoms with Crippen molar-refractivity contribution < 1.29 is 17.9 Å². The molecule has 1 heterocycles. The predicted octanol–water partition coefficient (Wildman–Crippen LogP) is 5.43. The Labute approximate surface area is 204 Å². The number of amides is 1. The Bertz CT molecular complexity index is 1310. The number of pyridine rings is 1. The van der Waals surface area contributed by atoms with Crippen LogP contribution in [0.25, 0.3) is 0 Å². The van der Waals surface area contributed by atoms with E-state index in [1.54, 1.807) is 42.5 Å². The van der Waals surface area contributed by atoms with Crippen molar-refractivity contribution in [3.63, 3.8) is 0 Å². The molecule has 0 radical (unpaired) electrons. The number of anilines is 2. The number of aromatic nitrogens is 1. The number of carbonyl (C=O) groups is 1. The van der Waals surface area contributed by atoms with Gasteiger partial charge in [0.1, 0.15) is 6.10 Å². The molecule has 3 aromatic rings. The Morgan fingerprint density at radius 1 is 1.15 bits per heavy atom. The van der Waals surface area contributed by atoms with Crippen molar-refractivity contribution in [2.45, 2.75) is 48.9 Å². The minimum Gasteiger partial charge on any atom is -0.482 e. The fraction of sp³-hybridized carbons (Fsp3) is 0.280. The van der Waals surface area contributed by atoms with E-state index in [0.29, 0.717) is 29.3 Å². The van der Waals surface area contributed by atoms with Gasteiger partial charge < -0.3 is 15.8 Å². The normalized spacial score (nSPS) is 15.1. The van der Waals surface area contributed by atoms with Gasteiger partial charge in [-0.3, -0.25) is 4.79 Å². The van der Waals surface area contributed by atoms with Crippen LogP contribution in [0.5, 0.6) is 5.75 Å². The molecule has 1 fully saturated rings. The lowest BCUT2D eigenvalue weighted by molar-refractivity contribution is 0.102. The molecule has 9 heteroatoms. The molecule has 1 unspecified atom stereocenters. The highest BCUT2D eigenvalue weighted by Gasteiger charge is 2.30. The van der Waals surface area contributed by atoms with Crippen molar-refractivity contribution in [2.75, 3.05) is 11.1 Å². The van der Waals surface area contributed by atoms with Gasteiger partial charge in [0, 0.05) is 23.5 Å². The number of hydrogen-bond donors (Lipinski definition) is 2. The van der Waals surface area contributed by atoms with Crippen LogP contribution in [0.3, 0.4) is 0 Å². The van der Waals surface area contributed by atoms with E-state index in [2.05, 4.69) is 10.3 Å². The molecule has 1 aliphatic carbocycles. The highest BCUT2D eigenvalue weighted by Crippen LogP contribution is 2.31. The molecule has 178 valence electrons. The number of nitrogens with zero attached hydrogens (tertiary/aromatic N) is 1. The Balaban J connectivity index is 1.49. The third-order valence-electron chi connectivity index (χ3n) is 5.93. The zero-order chi connectivity index (χ0) is 24.3. The second kappa shape index (κ2) is 10.0. The fourth-order valence-corrected chi connectivity index (χ4v) is 6.11. The second-order valence-electron chi connectivity index (χ2n) is 8.36. The van der Waals surface area contributed by atoms with Crippen molar-refractivity contribution in [3.05, 3.63) is 76.9 Å². The van der Waals surface area contributed by atoms with Crippen molar-refractivity contribution in [1.82, 2.24) is 4.98 Å². The molecule has 0 saturated heterocycles. The van der Waals surface area contributed by atoms with Crippen LogP contribution in [0.2, 0.25) is 5.02 Å². The highest BCUT2D eigenvalue weighted by atomic mass is 35.5. The van der Waals surface area contributed by atoms with E-state index < -0.39 is 15.7 Å². The number of ether oxygens (including phenoxy) is 1. The van der Waals surface area contributed by atoms with Crippen molar-refractivity contribution >= 4 is 38.9 Å². The molecule has 0 aliphatic heterocycles. The molecule has 3 N–H and O–H groups in total. The summed E-state index contributed by atoms with van der Waals surface area (Å²) in [5.41, 5.74) is 7.50. The average molecular weight is 500 g/mol. The van der Waals surface area contributed by atoms with Gasteiger partial charge in [-0.25, -0.2) is 13.4 Å². The number of rotatable bonds is 7. The molecule has 34 heavy (non-hydrogen) atoms. The van der Waals surface area contributed by atoms with Gasteiger partial charge in [0.15, 0.2) is 21.4 Å². The second-order valence-corrected chi connectivity index (χ2v) is 11.0. The molecule has 7 nitrogen and oxygen atoms in total. The first-order valence-electron chi connectivity index (χ1n) is 11.1. The van der Waals surface area contributed by atoms with Gasteiger partial charge in [-0.15, -0.1) is 0 Å². The van der Waals surface area contributed by atoms with Crippen LogP contribution in [0, 0.1) is 0 Å². The standard InChI is InChI=1S/C25H26ClN3O4S/c1-16(33-23-14-19(26)15-28-24(23)27)17-6-4-8-20(12-17)29-25(30)18-7-5-11-22(13-18)34(31,32)21-9-2-3-10-21/h4-8,11-16,21H,2-3,9-10H2,1H3,(H2,27,28)(H,29,30). The summed E-state index contributed by atoms with van der Waals surface area (Å²) < 4.78 is 31.7. The number of sulfone groups is 1. The monoisotopic (exact) mass is 499 g/mol. The molecule has 0 bridgehead atoms. The van der Waals surface area contributed by atoms with Crippen molar-refractivity contribution in [2.24, 2.45) is 0 Å². The summed E-state index contributed by atoms with van der Waals surface area (Å²) in [6.07, 6.45) is 4.23. The van der Waals surface area contributed by atoms with Gasteiger partial charge in [0.25, 0.3) is 5.91 Å². The maximum Gasteiger partial charge on any atom is 0.255 e. The first-order valence-corrected chi connectivity index (χ1v) is 13.0. The van der Waals surface area contributed by atoms with E-state index in [1.807, 2.05) is 13.0 Å². The summed E-state index contributed by atoms with van der Waals surface area (Å²) in [5.74, 6) is 0.209. The van der Waals surface area contributed by atoms with Gasteiger partial charge >= 0.3 is 0 Å². The molecule has 0 spiro atoms. The van der Waals surface area contributed by atoms with Gasteiger partial charge in [0.2, 0.25) is 0 Å². The Morgan fingerprint density at radius 2 is 1.88 bits per heavy atom. The van der Waals surface area contributed by atoms with Gasteiger partial charge in [0.05, 0.1) is 15.2 Å². The van der Waals surface area contributed by atoms with Gasteiger partial charge in [-0.1, -0.05) is 42.6 Å². The number of hydrogen-bond acceptors (Lipinski definition) is 6. The summed E-state index contributed by atoms with van der Waals surface area (Å²) in [6.45, 7) is 1.85. The number of nitrogens with one attached hydrogen (secondary N) is 1. The molecule has 1 amide bonds. The zero-order valence-electron chi connectivity index (χ0n) is 18.7. The third kappa shape index (κ3) is 5.34. The number of nitrogens with two attached hydrogens (primary N) is 1. The predicted molar refractivity (Wildman–Crippen MR) is 133 cm³/mol. The van der Waals surface area contributed by atoms with Crippen molar-refractivity contribution in [3.8, 4) is 5.75 Å². The average Bonchev–Trinajstić information content (AvgIpc) is 3.38. The highest BCUT2D eigenvalue weighted by molar-refractivity contribution is 7.92. The third-order valence-corrected chi connectivity index (χ3v) is 8.40. The van der Waals surface area contributed by atoms with Crippen LogP contribution in [0.4, 0.5) is 11.5 Å². The minimum absolute atomic E-state index is 0.190. The van der Waals surface area contributed by atoms with E-state index >= 15 is 0 Å². The lowest BCUT2D eigenvalue weighted by atomic mass is 10.1. The minimum atomic E-state index is -3.44. The zero-order valence-corrected chi connectivity index (χ0v) is 20.3. The number of carbonyl (C=O) groups excluding carboxylic acids is 1. The van der Waals surface area contributed by atoms with E-state index in [1.165, 1.54) is 12.3 Å². The first-order chi connectivity index (χ1) is 16.2. The van der Waals surface area contributed by atoms with Crippen LogP contribution in [-0.2, 0) is 9.84 Å². The van der Waals surface area contributed by atoms with Crippen LogP contribution >= 0.6 is 11.6 Å². The molecular formula is C25H26ClN3O4S. The quantitative estimate of drug-likeness (QED) is 0.448. The molecule has 2 aromatic carbocycles. The summed E-state index contributed by atoms with van der Waals surface area (Å²) in [6, 6.07) is 15.0. The molecular weight excluding hydrogens is 474 g/mol. The first kappa shape index (κ1) is 24.0. The van der Waals surface area contributed by atoms with Crippen molar-refractivity contribution in [1.29, 1.82) is 0 Å². The number of halogens is 1. The molecule has 4 rings (SSSR count). The van der Waals surface area contributed by atoms with Crippen LogP contribution in [-0.4, -0.2) is 24.6 Å².